The van der Waals surface area contributed by atoms with Gasteiger partial charge in [0, 0.05) is 34.3 Å². The van der Waals surface area contributed by atoms with Gasteiger partial charge in [-0.1, -0.05) is 11.6 Å². The second kappa shape index (κ2) is 11.9. The first-order valence-corrected chi connectivity index (χ1v) is 15.1. The minimum atomic E-state index is -1.72. The number of rotatable bonds is 12. The molecule has 0 saturated heterocycles. The summed E-state index contributed by atoms with van der Waals surface area (Å²) in [5.74, 6) is -2.89. The summed E-state index contributed by atoms with van der Waals surface area (Å²) in [6.07, 6.45) is 4.95. The molecule has 0 unspecified atom stereocenters. The van der Waals surface area contributed by atoms with Crippen LogP contribution in [0.25, 0.3) is 22.2 Å². The number of pyridine rings is 1. The van der Waals surface area contributed by atoms with E-state index in [2.05, 4.69) is 15.4 Å². The number of methoxy groups -OCH3 is 1. The van der Waals surface area contributed by atoms with E-state index in [1.807, 2.05) is 10.9 Å². The lowest BCUT2D eigenvalue weighted by atomic mass is 9.90. The summed E-state index contributed by atoms with van der Waals surface area (Å²) < 4.78 is 42.4. The number of carbonyl (C=O) groups excluding carboxylic acids is 2. The third-order valence-electron chi connectivity index (χ3n) is 8.18. The third-order valence-corrected chi connectivity index (χ3v) is 8.47. The summed E-state index contributed by atoms with van der Waals surface area (Å²) in [7, 11) is 1.51. The number of aliphatic hydroxyl groups is 1. The first-order valence-electron chi connectivity index (χ1n) is 14.7. The van der Waals surface area contributed by atoms with E-state index in [9.17, 15) is 19.1 Å². The molecule has 2 saturated carbocycles. The largest absolute Gasteiger partial charge is 0.494 e. The molecule has 6 rings (SSSR count). The molecular weight excluding hydrogens is 608 g/mol. The van der Waals surface area contributed by atoms with Crippen LogP contribution in [0.15, 0.2) is 36.5 Å². The topological polar surface area (TPSA) is 142 Å². The predicted octanol–water partition coefficient (Wildman–Crippen LogP) is 4.83. The van der Waals surface area contributed by atoms with Crippen LogP contribution >= 0.6 is 11.6 Å². The van der Waals surface area contributed by atoms with E-state index in [0.717, 1.165) is 24.3 Å². The molecule has 2 aliphatic carbocycles. The van der Waals surface area contributed by atoms with Gasteiger partial charge in [-0.05, 0) is 62.8 Å². The average molecular weight is 640 g/mol. The number of nitrogens with one attached hydrogen (secondary N) is 1. The molecule has 0 radical (unpaired) electrons. The molecule has 0 aliphatic heterocycles. The minimum Gasteiger partial charge on any atom is -0.494 e. The number of carbonyl (C=O) groups is 2. The minimum absolute atomic E-state index is 0.0518. The Morgan fingerprint density at radius 2 is 1.91 bits per heavy atom. The van der Waals surface area contributed by atoms with Crippen LogP contribution in [0.1, 0.15) is 60.3 Å². The van der Waals surface area contributed by atoms with E-state index in [0.29, 0.717) is 41.8 Å². The van der Waals surface area contributed by atoms with Crippen molar-refractivity contribution >= 4 is 34.3 Å². The zero-order valence-corrected chi connectivity index (χ0v) is 25.5. The molecule has 2 fully saturated rings. The number of primary amides is 1. The highest BCUT2D eigenvalue weighted by molar-refractivity contribution is 6.31. The van der Waals surface area contributed by atoms with Gasteiger partial charge < -0.3 is 25.6 Å². The van der Waals surface area contributed by atoms with Crippen molar-refractivity contribution < 1.29 is 33.0 Å². The van der Waals surface area contributed by atoms with Gasteiger partial charge in [-0.25, -0.2) is 13.8 Å². The van der Waals surface area contributed by atoms with E-state index in [-0.39, 0.29) is 58.8 Å². The molecule has 236 valence electrons. The fraction of sp³-hybridized carbons (Fsp3) is 0.375. The lowest BCUT2D eigenvalue weighted by Gasteiger charge is -2.30. The van der Waals surface area contributed by atoms with Gasteiger partial charge in [0.25, 0.3) is 5.91 Å². The molecule has 45 heavy (non-hydrogen) atoms. The Morgan fingerprint density at radius 1 is 1.16 bits per heavy atom. The van der Waals surface area contributed by atoms with Crippen LogP contribution in [-0.2, 0) is 16.8 Å². The normalized spacial score (nSPS) is 16.0. The SMILES string of the molecule is CCOc1c(CC(N)=O)cc([C@@](O)(CNC(=O)c2cc(OC)c3nn(C4CC4)cc3c2)C2CC2)nc1-c1cc(Cl)c(F)cc1F. The van der Waals surface area contributed by atoms with Crippen molar-refractivity contribution in [3.63, 3.8) is 0 Å². The van der Waals surface area contributed by atoms with E-state index >= 15 is 4.39 Å². The quantitative estimate of drug-likeness (QED) is 0.189. The summed E-state index contributed by atoms with van der Waals surface area (Å²) in [6.45, 7) is 1.58. The Bertz CT molecular complexity index is 1820. The Labute approximate surface area is 262 Å². The molecule has 2 aromatic heterocycles. The van der Waals surface area contributed by atoms with Gasteiger partial charge in [0.15, 0.2) is 0 Å². The first kappa shape index (κ1) is 30.7. The second-order valence-electron chi connectivity index (χ2n) is 11.5. The monoisotopic (exact) mass is 639 g/mol. The van der Waals surface area contributed by atoms with Crippen molar-refractivity contribution in [1.29, 1.82) is 0 Å². The highest BCUT2D eigenvalue weighted by Crippen LogP contribution is 2.47. The molecule has 0 spiro atoms. The standard InChI is InChI=1S/C32H32ClF2N5O5/c1-3-45-30-16(11-27(36)41)10-26(38-29(30)21-12-22(33)24(35)13-23(21)34)32(43,19-4-5-19)15-37-31(42)17-8-18-14-40(20-6-7-20)39-28(18)25(9-17)44-2/h8-10,12-14,19-20,43H,3-7,11,15H2,1-2H3,(H2,36,41)(H,37,42)/t32-/m1/s1. The van der Waals surface area contributed by atoms with Crippen molar-refractivity contribution in [2.24, 2.45) is 11.7 Å². The summed E-state index contributed by atoms with van der Waals surface area (Å²) in [5.41, 5.74) is 4.82. The van der Waals surface area contributed by atoms with Crippen LogP contribution < -0.4 is 20.5 Å². The van der Waals surface area contributed by atoms with Crippen LogP contribution in [0.2, 0.25) is 5.02 Å². The van der Waals surface area contributed by atoms with Crippen LogP contribution in [-0.4, -0.2) is 51.9 Å². The Morgan fingerprint density at radius 3 is 2.56 bits per heavy atom. The summed E-state index contributed by atoms with van der Waals surface area (Å²) in [5, 5.41) is 20.0. The average Bonchev–Trinajstić information content (AvgIpc) is 3.95. The van der Waals surface area contributed by atoms with Gasteiger partial charge in [-0.2, -0.15) is 5.10 Å². The van der Waals surface area contributed by atoms with E-state index < -0.39 is 29.0 Å². The fourth-order valence-corrected chi connectivity index (χ4v) is 5.74. The summed E-state index contributed by atoms with van der Waals surface area (Å²) in [4.78, 5) is 30.2. The smallest absolute Gasteiger partial charge is 0.251 e. The lowest BCUT2D eigenvalue weighted by molar-refractivity contribution is -0.117. The van der Waals surface area contributed by atoms with Crippen molar-refractivity contribution in [2.45, 2.75) is 50.7 Å². The van der Waals surface area contributed by atoms with Crippen molar-refractivity contribution in [2.75, 3.05) is 20.3 Å². The number of halogens is 3. The maximum absolute atomic E-state index is 15.2. The third kappa shape index (κ3) is 6.04. The first-order chi connectivity index (χ1) is 21.5. The van der Waals surface area contributed by atoms with Gasteiger partial charge in [-0.3, -0.25) is 14.3 Å². The molecule has 13 heteroatoms. The Balaban J connectivity index is 1.38. The van der Waals surface area contributed by atoms with Crippen molar-refractivity contribution in [3.05, 3.63) is 70.0 Å². The van der Waals surface area contributed by atoms with Crippen LogP contribution in [0, 0.1) is 17.6 Å². The van der Waals surface area contributed by atoms with Gasteiger partial charge in [-0.15, -0.1) is 0 Å². The number of nitrogens with zero attached hydrogens (tertiary/aromatic N) is 3. The maximum atomic E-state index is 15.2. The number of ether oxygens (including phenoxy) is 2. The maximum Gasteiger partial charge on any atom is 0.251 e. The van der Waals surface area contributed by atoms with Crippen molar-refractivity contribution in [1.82, 2.24) is 20.1 Å². The molecule has 2 aromatic carbocycles. The number of hydrogen-bond donors (Lipinski definition) is 3. The molecule has 4 aromatic rings. The lowest BCUT2D eigenvalue weighted by Crippen LogP contribution is -2.43. The molecule has 0 bridgehead atoms. The number of hydrogen-bond acceptors (Lipinski definition) is 7. The second-order valence-corrected chi connectivity index (χ2v) is 11.9. The van der Waals surface area contributed by atoms with Gasteiger partial charge in [0.2, 0.25) is 5.91 Å². The molecular formula is C32H32ClF2N5O5. The predicted molar refractivity (Wildman–Crippen MR) is 162 cm³/mol. The zero-order valence-electron chi connectivity index (χ0n) is 24.7. The van der Waals surface area contributed by atoms with Gasteiger partial charge in [0.1, 0.15) is 39.9 Å². The number of benzene rings is 2. The van der Waals surface area contributed by atoms with Crippen molar-refractivity contribution in [3.8, 4) is 22.8 Å². The molecule has 1 atom stereocenters. The molecule has 4 N–H and O–H groups in total. The zero-order chi connectivity index (χ0) is 32.0. The van der Waals surface area contributed by atoms with E-state index in [1.54, 1.807) is 19.1 Å². The molecule has 2 amide bonds. The summed E-state index contributed by atoms with van der Waals surface area (Å²) in [6, 6.07) is 6.84. The Hall–Kier alpha value is -4.29. The number of fused-ring (bicyclic) bond motifs is 1. The fourth-order valence-electron chi connectivity index (χ4n) is 5.58. The van der Waals surface area contributed by atoms with Gasteiger partial charge in [0.05, 0.1) is 43.4 Å². The number of amides is 2. The Kier molecular flexibility index (Phi) is 8.13. The highest BCUT2D eigenvalue weighted by Gasteiger charge is 2.47. The molecule has 10 nitrogen and oxygen atoms in total. The summed E-state index contributed by atoms with van der Waals surface area (Å²) >= 11 is 6.00. The van der Waals surface area contributed by atoms with Crippen LogP contribution in [0.3, 0.4) is 0 Å². The number of aromatic nitrogens is 3. The van der Waals surface area contributed by atoms with Gasteiger partial charge >= 0.3 is 0 Å². The van der Waals surface area contributed by atoms with Crippen LogP contribution in [0.5, 0.6) is 11.5 Å². The van der Waals surface area contributed by atoms with E-state index in [1.165, 1.54) is 13.2 Å². The molecule has 2 aliphatic rings. The highest BCUT2D eigenvalue weighted by atomic mass is 35.5. The number of nitrogens with two attached hydrogens (primary N) is 1. The van der Waals surface area contributed by atoms with E-state index in [4.69, 9.17) is 26.8 Å². The van der Waals surface area contributed by atoms with Crippen LogP contribution in [0.4, 0.5) is 8.78 Å². The molecule has 2 heterocycles.